The molecule has 0 saturated carbocycles. The average Bonchev–Trinajstić information content (AvgIpc) is 2.71. The van der Waals surface area contributed by atoms with E-state index in [0.717, 1.165) is 32.3 Å². The average molecular weight is 296 g/mol. The Balaban J connectivity index is 2.84. The Morgan fingerprint density at radius 2 is 1.88 bits per heavy atom. The number of H-pyrrole nitrogens is 1. The van der Waals surface area contributed by atoms with E-state index in [-0.39, 0.29) is 5.75 Å². The lowest BCUT2D eigenvalue weighted by molar-refractivity contribution is 0.472. The largest absolute Gasteiger partial charge is 0.507 e. The summed E-state index contributed by atoms with van der Waals surface area (Å²) >= 11 is 3.54. The summed E-state index contributed by atoms with van der Waals surface area (Å²) in [6, 6.07) is 0. The molecule has 17 heavy (non-hydrogen) atoms. The van der Waals surface area contributed by atoms with Crippen molar-refractivity contribution in [1.82, 2.24) is 10.2 Å². The first-order valence-electron chi connectivity index (χ1n) is 5.22. The summed E-state index contributed by atoms with van der Waals surface area (Å²) in [4.78, 5) is 0. The molecule has 2 rings (SSSR count). The van der Waals surface area contributed by atoms with Crippen LogP contribution in [0.4, 0.5) is 5.82 Å². The highest BCUT2D eigenvalue weighted by Crippen LogP contribution is 2.42. The Kier molecular flexibility index (Phi) is 2.87. The minimum Gasteiger partial charge on any atom is -0.507 e. The van der Waals surface area contributed by atoms with E-state index in [1.165, 1.54) is 0 Å². The number of nitrogens with two attached hydrogens (primary N) is 1. The summed E-state index contributed by atoms with van der Waals surface area (Å²) in [7, 11) is 0. The molecule has 0 aliphatic carbocycles. The van der Waals surface area contributed by atoms with Crippen molar-refractivity contribution in [2.24, 2.45) is 0 Å². The molecule has 0 unspecified atom stereocenters. The van der Waals surface area contributed by atoms with Crippen LogP contribution >= 0.6 is 15.9 Å². The number of phenols is 1. The summed E-state index contributed by atoms with van der Waals surface area (Å²) in [6.07, 6.45) is 1.62. The van der Waals surface area contributed by atoms with Gasteiger partial charge in [0.1, 0.15) is 11.6 Å². The number of phenolic OH excluding ortho intramolecular Hbond substituents is 1. The van der Waals surface area contributed by atoms with Gasteiger partial charge in [0.15, 0.2) is 0 Å². The third kappa shape index (κ3) is 1.70. The van der Waals surface area contributed by atoms with Gasteiger partial charge in [-0.05, 0) is 37.5 Å². The first-order chi connectivity index (χ1) is 7.95. The van der Waals surface area contributed by atoms with Crippen molar-refractivity contribution in [2.75, 3.05) is 5.73 Å². The fourth-order valence-electron chi connectivity index (χ4n) is 1.92. The lowest BCUT2D eigenvalue weighted by Crippen LogP contribution is -1.95. The van der Waals surface area contributed by atoms with Gasteiger partial charge < -0.3 is 10.8 Å². The molecule has 0 aliphatic heterocycles. The van der Waals surface area contributed by atoms with Crippen LogP contribution in [0.25, 0.3) is 11.1 Å². The van der Waals surface area contributed by atoms with Gasteiger partial charge in [-0.1, -0.05) is 15.9 Å². The quantitative estimate of drug-likeness (QED) is 0.757. The number of anilines is 1. The number of aromatic hydroxyl groups is 1. The first kappa shape index (κ1) is 12.0. The number of nitrogen functional groups attached to an aromatic ring is 1. The van der Waals surface area contributed by atoms with Crippen molar-refractivity contribution in [2.45, 2.75) is 20.8 Å². The molecular formula is C12H14BrN3O. The topological polar surface area (TPSA) is 74.9 Å². The predicted octanol–water partition coefficient (Wildman–Crippen LogP) is 3.05. The molecule has 4 N–H and O–H groups in total. The molecule has 5 heteroatoms. The Morgan fingerprint density at radius 3 is 2.41 bits per heavy atom. The first-order valence-corrected chi connectivity index (χ1v) is 6.01. The van der Waals surface area contributed by atoms with E-state index in [0.29, 0.717) is 5.82 Å². The van der Waals surface area contributed by atoms with Crippen LogP contribution in [0.15, 0.2) is 10.7 Å². The van der Waals surface area contributed by atoms with Gasteiger partial charge in [0.05, 0.1) is 6.20 Å². The van der Waals surface area contributed by atoms with E-state index in [1.54, 1.807) is 6.20 Å². The monoisotopic (exact) mass is 295 g/mol. The number of aromatic nitrogens is 2. The van der Waals surface area contributed by atoms with E-state index >= 15 is 0 Å². The van der Waals surface area contributed by atoms with Crippen LogP contribution in [0.2, 0.25) is 0 Å². The second-order valence-electron chi connectivity index (χ2n) is 4.11. The molecule has 1 aromatic heterocycles. The van der Waals surface area contributed by atoms with E-state index in [4.69, 9.17) is 5.73 Å². The fourth-order valence-corrected chi connectivity index (χ4v) is 2.42. The maximum Gasteiger partial charge on any atom is 0.127 e. The van der Waals surface area contributed by atoms with Gasteiger partial charge in [-0.25, -0.2) is 0 Å². The van der Waals surface area contributed by atoms with Gasteiger partial charge in [0.25, 0.3) is 0 Å². The zero-order valence-corrected chi connectivity index (χ0v) is 11.5. The third-order valence-corrected chi connectivity index (χ3v) is 4.32. The number of hydrogen-bond acceptors (Lipinski definition) is 3. The SMILES string of the molecule is Cc1c(C)c(Br)c(C)c(-c2cn[nH]c2N)c1O. The van der Waals surface area contributed by atoms with Crippen LogP contribution < -0.4 is 5.73 Å². The lowest BCUT2D eigenvalue weighted by Gasteiger charge is -2.15. The second-order valence-corrected chi connectivity index (χ2v) is 4.90. The molecule has 2 aromatic rings. The summed E-state index contributed by atoms with van der Waals surface area (Å²) in [6.45, 7) is 5.79. The van der Waals surface area contributed by atoms with Crippen molar-refractivity contribution >= 4 is 21.7 Å². The zero-order chi connectivity index (χ0) is 12.7. The molecular weight excluding hydrogens is 282 g/mol. The Bertz CT molecular complexity index is 561. The van der Waals surface area contributed by atoms with Gasteiger partial charge in [-0.3, -0.25) is 5.10 Å². The molecule has 0 saturated heterocycles. The van der Waals surface area contributed by atoms with E-state index < -0.39 is 0 Å². The molecule has 0 fully saturated rings. The molecule has 0 atom stereocenters. The van der Waals surface area contributed by atoms with Crippen molar-refractivity contribution in [3.8, 4) is 16.9 Å². The van der Waals surface area contributed by atoms with Gasteiger partial charge >= 0.3 is 0 Å². The minimum atomic E-state index is 0.260. The minimum absolute atomic E-state index is 0.260. The summed E-state index contributed by atoms with van der Waals surface area (Å²) in [5.41, 5.74) is 10.1. The van der Waals surface area contributed by atoms with Crippen LogP contribution in [0.5, 0.6) is 5.75 Å². The lowest BCUT2D eigenvalue weighted by atomic mass is 9.95. The van der Waals surface area contributed by atoms with E-state index in [9.17, 15) is 5.11 Å². The molecule has 0 spiro atoms. The molecule has 1 heterocycles. The molecule has 0 bridgehead atoms. The standard InChI is InChI=1S/C12H14BrN3O/c1-5-6(2)11(17)9(7(3)10(5)13)8-4-15-16-12(8)14/h4,17H,1-3H3,(H3,14,15,16). The van der Waals surface area contributed by atoms with Gasteiger partial charge in [-0.15, -0.1) is 0 Å². The highest BCUT2D eigenvalue weighted by molar-refractivity contribution is 9.10. The highest BCUT2D eigenvalue weighted by Gasteiger charge is 2.19. The maximum atomic E-state index is 10.3. The molecule has 0 amide bonds. The molecule has 1 aromatic carbocycles. The van der Waals surface area contributed by atoms with E-state index in [2.05, 4.69) is 26.1 Å². The van der Waals surface area contributed by atoms with Gasteiger partial charge in [-0.2, -0.15) is 5.10 Å². The highest BCUT2D eigenvalue weighted by atomic mass is 79.9. The van der Waals surface area contributed by atoms with Crippen LogP contribution in [0, 0.1) is 20.8 Å². The van der Waals surface area contributed by atoms with Crippen LogP contribution in [-0.2, 0) is 0 Å². The summed E-state index contributed by atoms with van der Waals surface area (Å²) in [5, 5.41) is 16.8. The number of nitrogens with zero attached hydrogens (tertiary/aromatic N) is 1. The Morgan fingerprint density at radius 1 is 1.24 bits per heavy atom. The number of hydrogen-bond donors (Lipinski definition) is 3. The Labute approximate surface area is 108 Å². The number of halogens is 1. The van der Waals surface area contributed by atoms with Crippen molar-refractivity contribution in [1.29, 1.82) is 0 Å². The molecule has 0 aliphatic rings. The fraction of sp³-hybridized carbons (Fsp3) is 0.250. The molecule has 0 radical (unpaired) electrons. The smallest absolute Gasteiger partial charge is 0.127 e. The second kappa shape index (κ2) is 4.07. The number of nitrogens with one attached hydrogen (secondary N) is 1. The predicted molar refractivity (Wildman–Crippen MR) is 72.0 cm³/mol. The Hall–Kier alpha value is -1.49. The number of rotatable bonds is 1. The van der Waals surface area contributed by atoms with Crippen molar-refractivity contribution < 1.29 is 5.11 Å². The molecule has 4 nitrogen and oxygen atoms in total. The van der Waals surface area contributed by atoms with Crippen molar-refractivity contribution in [3.05, 3.63) is 27.4 Å². The van der Waals surface area contributed by atoms with Crippen LogP contribution in [0.3, 0.4) is 0 Å². The van der Waals surface area contributed by atoms with E-state index in [1.807, 2.05) is 20.8 Å². The third-order valence-electron chi connectivity index (χ3n) is 3.13. The van der Waals surface area contributed by atoms with Gasteiger partial charge in [0.2, 0.25) is 0 Å². The molecule has 90 valence electrons. The number of aromatic amines is 1. The van der Waals surface area contributed by atoms with Crippen LogP contribution in [0.1, 0.15) is 16.7 Å². The van der Waals surface area contributed by atoms with Crippen LogP contribution in [-0.4, -0.2) is 15.3 Å². The van der Waals surface area contributed by atoms with Crippen molar-refractivity contribution in [3.63, 3.8) is 0 Å². The summed E-state index contributed by atoms with van der Waals surface area (Å²) in [5.74, 6) is 0.717. The number of benzene rings is 1. The normalized spacial score (nSPS) is 10.8. The van der Waals surface area contributed by atoms with Gasteiger partial charge in [0, 0.05) is 15.6 Å². The zero-order valence-electron chi connectivity index (χ0n) is 9.93. The maximum absolute atomic E-state index is 10.3. The summed E-state index contributed by atoms with van der Waals surface area (Å²) < 4.78 is 0.989.